The van der Waals surface area contributed by atoms with E-state index in [4.69, 9.17) is 5.11 Å². The Morgan fingerprint density at radius 1 is 1.62 bits per heavy atom. The Balaban J connectivity index is 2.12. The first-order chi connectivity index (χ1) is 7.53. The zero-order valence-corrected chi connectivity index (χ0v) is 9.43. The van der Waals surface area contributed by atoms with Crippen LogP contribution in [0.4, 0.5) is 5.69 Å². The average Bonchev–Trinajstić information content (AvgIpc) is 2.87. The van der Waals surface area contributed by atoms with Crippen LogP contribution in [-0.4, -0.2) is 26.3 Å². The van der Waals surface area contributed by atoms with Gasteiger partial charge in [0.2, 0.25) is 5.91 Å². The zero-order valence-electron chi connectivity index (χ0n) is 8.61. The van der Waals surface area contributed by atoms with E-state index >= 15 is 0 Å². The lowest BCUT2D eigenvalue weighted by atomic mass is 10.3. The maximum Gasteiger partial charge on any atom is 0.354 e. The summed E-state index contributed by atoms with van der Waals surface area (Å²) in [4.78, 5) is 23.7. The van der Waals surface area contributed by atoms with Gasteiger partial charge in [-0.2, -0.15) is 0 Å². The molecule has 3 rings (SSSR count). The van der Waals surface area contributed by atoms with Crippen molar-refractivity contribution in [3.63, 3.8) is 0 Å². The van der Waals surface area contributed by atoms with Gasteiger partial charge in [-0.05, 0) is 12.8 Å². The van der Waals surface area contributed by atoms with Crippen molar-refractivity contribution in [2.45, 2.75) is 22.5 Å². The number of thioether (sulfide) groups is 1. The van der Waals surface area contributed by atoms with Crippen LogP contribution >= 0.6 is 11.8 Å². The number of aromatic nitrogens is 1. The second-order valence-corrected chi connectivity index (χ2v) is 5.61. The average molecular weight is 238 g/mol. The lowest BCUT2D eigenvalue weighted by Crippen LogP contribution is -2.30. The minimum Gasteiger partial charge on any atom is -0.477 e. The molecular formula is C10H10N2O3S. The Morgan fingerprint density at radius 3 is 2.88 bits per heavy atom. The molecule has 0 atom stereocenters. The highest BCUT2D eigenvalue weighted by Crippen LogP contribution is 2.57. The molecule has 6 heteroatoms. The van der Waals surface area contributed by atoms with Crippen LogP contribution in [0.15, 0.2) is 11.1 Å². The van der Waals surface area contributed by atoms with Crippen molar-refractivity contribution in [1.29, 1.82) is 0 Å². The molecule has 1 aromatic heterocycles. The van der Waals surface area contributed by atoms with E-state index in [1.54, 1.807) is 17.8 Å². The monoisotopic (exact) mass is 238 g/mol. The summed E-state index contributed by atoms with van der Waals surface area (Å²) >= 11 is 1.49. The number of fused-ring (bicyclic) bond motifs is 1. The number of carboxylic acids is 1. The number of nitrogens with zero attached hydrogens (tertiary/aromatic N) is 1. The normalized spacial score (nSPS) is 20.4. The van der Waals surface area contributed by atoms with Gasteiger partial charge in [-0.3, -0.25) is 4.79 Å². The second kappa shape index (κ2) is 2.82. The van der Waals surface area contributed by atoms with Crippen LogP contribution in [-0.2, 0) is 11.8 Å². The van der Waals surface area contributed by atoms with Crippen LogP contribution in [0, 0.1) is 0 Å². The number of carboxylic acid groups (broad SMARTS) is 1. The van der Waals surface area contributed by atoms with Gasteiger partial charge < -0.3 is 15.0 Å². The summed E-state index contributed by atoms with van der Waals surface area (Å²) < 4.78 is 1.23. The fourth-order valence-corrected chi connectivity index (χ4v) is 3.31. The molecule has 0 aromatic carbocycles. The van der Waals surface area contributed by atoms with Gasteiger partial charge in [-0.1, -0.05) is 0 Å². The topological polar surface area (TPSA) is 71.3 Å². The molecule has 1 amide bonds. The third-order valence-electron chi connectivity index (χ3n) is 3.01. The van der Waals surface area contributed by atoms with Gasteiger partial charge >= 0.3 is 5.97 Å². The highest BCUT2D eigenvalue weighted by Gasteiger charge is 2.54. The molecule has 1 aromatic rings. The van der Waals surface area contributed by atoms with Crippen molar-refractivity contribution in [3.8, 4) is 0 Å². The van der Waals surface area contributed by atoms with Gasteiger partial charge in [0.05, 0.1) is 15.3 Å². The number of amides is 1. The molecule has 1 saturated carbocycles. The molecular weight excluding hydrogens is 228 g/mol. The van der Waals surface area contributed by atoms with E-state index in [2.05, 4.69) is 5.32 Å². The summed E-state index contributed by atoms with van der Waals surface area (Å²) in [6.07, 6.45) is 3.52. The van der Waals surface area contributed by atoms with Gasteiger partial charge in [0.1, 0.15) is 0 Å². The van der Waals surface area contributed by atoms with E-state index in [9.17, 15) is 9.59 Å². The van der Waals surface area contributed by atoms with E-state index in [1.807, 2.05) is 0 Å². The summed E-state index contributed by atoms with van der Waals surface area (Å²) in [7, 11) is 1.67. The van der Waals surface area contributed by atoms with Crippen LogP contribution in [0.5, 0.6) is 0 Å². The maximum atomic E-state index is 11.8. The molecule has 2 N–H and O–H groups in total. The minimum absolute atomic E-state index is 0.0568. The predicted molar refractivity (Wildman–Crippen MR) is 58.8 cm³/mol. The van der Waals surface area contributed by atoms with Gasteiger partial charge in [0, 0.05) is 13.2 Å². The number of rotatable bonds is 1. The predicted octanol–water partition coefficient (Wildman–Crippen LogP) is 1.30. The summed E-state index contributed by atoms with van der Waals surface area (Å²) in [6.45, 7) is 0. The number of hydrogen-bond acceptors (Lipinski definition) is 3. The molecule has 84 valence electrons. The first-order valence-electron chi connectivity index (χ1n) is 4.96. The second-order valence-electron chi connectivity index (χ2n) is 4.18. The third-order valence-corrected chi connectivity index (χ3v) is 4.53. The molecule has 0 radical (unpaired) electrons. The number of carbonyl (C=O) groups is 2. The van der Waals surface area contributed by atoms with Gasteiger partial charge in [-0.15, -0.1) is 11.8 Å². The third kappa shape index (κ3) is 1.13. The first-order valence-corrected chi connectivity index (χ1v) is 5.78. The molecule has 1 spiro atoms. The Bertz CT molecular complexity index is 516. The van der Waals surface area contributed by atoms with E-state index in [1.165, 1.54) is 11.8 Å². The van der Waals surface area contributed by atoms with E-state index in [0.717, 1.165) is 17.7 Å². The summed E-state index contributed by atoms with van der Waals surface area (Å²) in [6, 6.07) is 0. The largest absolute Gasteiger partial charge is 0.477 e. The highest BCUT2D eigenvalue weighted by atomic mass is 32.2. The molecule has 2 aliphatic rings. The van der Waals surface area contributed by atoms with Gasteiger partial charge in [-0.25, -0.2) is 4.79 Å². The van der Waals surface area contributed by atoms with Crippen LogP contribution in [0.3, 0.4) is 0 Å². The number of anilines is 1. The Hall–Kier alpha value is -1.43. The molecule has 0 unspecified atom stereocenters. The van der Waals surface area contributed by atoms with Crippen molar-refractivity contribution < 1.29 is 14.7 Å². The zero-order chi connectivity index (χ0) is 11.5. The fourth-order valence-electron chi connectivity index (χ4n) is 1.98. The molecule has 0 saturated heterocycles. The van der Waals surface area contributed by atoms with Crippen LogP contribution in [0.1, 0.15) is 23.3 Å². The van der Waals surface area contributed by atoms with Crippen molar-refractivity contribution in [3.05, 3.63) is 11.9 Å². The van der Waals surface area contributed by atoms with Gasteiger partial charge in [0.15, 0.2) is 5.69 Å². The SMILES string of the molecule is Cn1cc2c(c1C(=O)O)NC(=O)C1(CC1)S2. The Morgan fingerprint density at radius 2 is 2.31 bits per heavy atom. The lowest BCUT2D eigenvalue weighted by molar-refractivity contribution is -0.116. The van der Waals surface area contributed by atoms with Crippen LogP contribution < -0.4 is 5.32 Å². The van der Waals surface area contributed by atoms with Crippen molar-refractivity contribution >= 4 is 29.3 Å². The van der Waals surface area contributed by atoms with E-state index < -0.39 is 5.97 Å². The van der Waals surface area contributed by atoms with Crippen LogP contribution in [0.2, 0.25) is 0 Å². The van der Waals surface area contributed by atoms with Crippen molar-refractivity contribution in [1.82, 2.24) is 4.57 Å². The molecule has 0 bridgehead atoms. The summed E-state index contributed by atoms with van der Waals surface area (Å²) in [5.74, 6) is -1.07. The fraction of sp³-hybridized carbons (Fsp3) is 0.400. The van der Waals surface area contributed by atoms with Crippen molar-refractivity contribution in [2.75, 3.05) is 5.32 Å². The molecule has 2 heterocycles. The minimum atomic E-state index is -1.02. The quantitative estimate of drug-likeness (QED) is 0.773. The maximum absolute atomic E-state index is 11.8. The number of carbonyl (C=O) groups excluding carboxylic acids is 1. The van der Waals surface area contributed by atoms with Crippen molar-refractivity contribution in [2.24, 2.45) is 7.05 Å². The molecule has 1 aliphatic heterocycles. The molecule has 1 aliphatic carbocycles. The smallest absolute Gasteiger partial charge is 0.354 e. The van der Waals surface area contributed by atoms with Gasteiger partial charge in [0.25, 0.3) is 0 Å². The Kier molecular flexibility index (Phi) is 1.72. The molecule has 16 heavy (non-hydrogen) atoms. The summed E-state index contributed by atoms with van der Waals surface area (Å²) in [5.41, 5.74) is 0.592. The number of aryl methyl sites for hydroxylation is 1. The van der Waals surface area contributed by atoms with E-state index in [-0.39, 0.29) is 16.3 Å². The lowest BCUT2D eigenvalue weighted by Gasteiger charge is -2.21. The van der Waals surface area contributed by atoms with E-state index in [0.29, 0.717) is 5.69 Å². The Labute approximate surface area is 95.8 Å². The number of aromatic carboxylic acids is 1. The molecule has 1 fully saturated rings. The first kappa shape index (κ1) is 9.77. The summed E-state index contributed by atoms with van der Waals surface area (Å²) in [5, 5.41) is 11.8. The number of hydrogen-bond donors (Lipinski definition) is 2. The standard InChI is InChI=1S/C10H10N2O3S/c1-12-4-5-6(7(12)8(13)14)11-9(15)10(16-5)2-3-10/h4H,2-3H2,1H3,(H,11,15)(H,13,14). The molecule has 5 nitrogen and oxygen atoms in total. The van der Waals surface area contributed by atoms with Crippen LogP contribution in [0.25, 0.3) is 0 Å². The number of nitrogens with one attached hydrogen (secondary N) is 1. The highest BCUT2D eigenvalue weighted by molar-refractivity contribution is 8.02.